The molecule has 1 aliphatic rings. The summed E-state index contributed by atoms with van der Waals surface area (Å²) in [6.07, 6.45) is 3.53. The molecule has 0 aliphatic carbocycles. The summed E-state index contributed by atoms with van der Waals surface area (Å²) in [5, 5.41) is 6.07. The molecule has 0 saturated carbocycles. The number of aromatic nitrogens is 1. The molecule has 2 aromatic heterocycles. The zero-order valence-electron chi connectivity index (χ0n) is 14.8. The van der Waals surface area contributed by atoms with Gasteiger partial charge in [-0.3, -0.25) is 19.8 Å². The molecule has 0 saturated heterocycles. The number of fused-ring (bicyclic) bond motifs is 1. The van der Waals surface area contributed by atoms with Crippen LogP contribution in [0.15, 0.2) is 47.3 Å². The van der Waals surface area contributed by atoms with E-state index in [2.05, 4.69) is 15.6 Å². The number of amides is 2. The molecule has 0 spiro atoms. The second kappa shape index (κ2) is 7.91. The highest BCUT2D eigenvalue weighted by molar-refractivity contribution is 7.15. The quantitative estimate of drug-likeness (QED) is 0.687. The Bertz CT molecular complexity index is 985. The third-order valence-corrected chi connectivity index (χ3v) is 5.31. The van der Waals surface area contributed by atoms with Crippen molar-refractivity contribution in [3.63, 3.8) is 0 Å². The lowest BCUT2D eigenvalue weighted by Gasteiger charge is -2.25. The highest BCUT2D eigenvalue weighted by Crippen LogP contribution is 2.28. The zero-order valence-corrected chi connectivity index (χ0v) is 15.6. The zero-order chi connectivity index (χ0) is 19.5. The molecule has 3 heterocycles. The van der Waals surface area contributed by atoms with Crippen molar-refractivity contribution in [1.82, 2.24) is 9.88 Å². The monoisotopic (exact) mass is 400 g/mol. The summed E-state index contributed by atoms with van der Waals surface area (Å²) in [6, 6.07) is 7.25. The van der Waals surface area contributed by atoms with E-state index >= 15 is 0 Å². The van der Waals surface area contributed by atoms with Crippen molar-refractivity contribution >= 4 is 34.0 Å². The minimum atomic E-state index is -0.345. The van der Waals surface area contributed by atoms with Crippen LogP contribution in [0.3, 0.4) is 0 Å². The van der Waals surface area contributed by atoms with E-state index < -0.39 is 0 Å². The largest absolute Gasteiger partial charge is 0.472 e. The molecular weight excluding hydrogens is 383 g/mol. The number of thiazole rings is 1. The minimum absolute atomic E-state index is 0.159. The summed E-state index contributed by atoms with van der Waals surface area (Å²) in [4.78, 5) is 31.9. The molecule has 0 fully saturated rings. The summed E-state index contributed by atoms with van der Waals surface area (Å²) in [6.45, 7) is 1.51. The number of nitrogens with one attached hydrogen (secondary N) is 2. The molecule has 0 unspecified atom stereocenters. The maximum Gasteiger partial charge on any atom is 0.260 e. The van der Waals surface area contributed by atoms with Crippen LogP contribution in [0.5, 0.6) is 0 Å². The Hall–Kier alpha value is -3.04. The Kier molecular flexibility index (Phi) is 5.18. The van der Waals surface area contributed by atoms with Crippen molar-refractivity contribution in [2.45, 2.75) is 13.0 Å². The number of halogens is 1. The van der Waals surface area contributed by atoms with E-state index in [1.165, 1.54) is 48.1 Å². The van der Waals surface area contributed by atoms with Crippen LogP contribution in [0, 0.1) is 5.82 Å². The van der Waals surface area contributed by atoms with Crippen LogP contribution < -0.4 is 10.6 Å². The molecule has 28 heavy (non-hydrogen) atoms. The number of carbonyl (C=O) groups excluding carboxylic acids is 2. The standard InChI is InChI=1S/C19H17FN4O3S/c20-13-1-3-14(4-2-13)21-17(25)10-24-7-5-15-16(9-24)28-19(22-15)23-18(26)12-6-8-27-11-12/h1-4,6,8,11H,5,7,9-10H2,(H,21,25)(H,22,23,26). The van der Waals surface area contributed by atoms with Crippen LogP contribution in [0.25, 0.3) is 0 Å². The first-order chi connectivity index (χ1) is 13.6. The van der Waals surface area contributed by atoms with Gasteiger partial charge in [-0.1, -0.05) is 0 Å². The van der Waals surface area contributed by atoms with E-state index in [-0.39, 0.29) is 24.2 Å². The molecular formula is C19H17FN4O3S. The fourth-order valence-corrected chi connectivity index (χ4v) is 3.98. The molecule has 144 valence electrons. The SMILES string of the molecule is O=C(CN1CCc2nc(NC(=O)c3ccoc3)sc2C1)Nc1ccc(F)cc1. The molecule has 1 aliphatic heterocycles. The molecule has 9 heteroatoms. The van der Waals surface area contributed by atoms with E-state index in [4.69, 9.17) is 4.42 Å². The summed E-state index contributed by atoms with van der Waals surface area (Å²) < 4.78 is 17.9. The van der Waals surface area contributed by atoms with E-state index in [0.717, 1.165) is 10.6 Å². The van der Waals surface area contributed by atoms with Crippen molar-refractivity contribution in [1.29, 1.82) is 0 Å². The van der Waals surface area contributed by atoms with Crippen molar-refractivity contribution in [3.8, 4) is 0 Å². The van der Waals surface area contributed by atoms with Gasteiger partial charge in [-0.25, -0.2) is 9.37 Å². The number of carbonyl (C=O) groups is 2. The van der Waals surface area contributed by atoms with E-state index in [1.54, 1.807) is 6.07 Å². The number of nitrogens with zero attached hydrogens (tertiary/aromatic N) is 2. The number of anilines is 2. The first kappa shape index (κ1) is 18.3. The van der Waals surface area contributed by atoms with Gasteiger partial charge >= 0.3 is 0 Å². The van der Waals surface area contributed by atoms with E-state index in [0.29, 0.717) is 35.9 Å². The van der Waals surface area contributed by atoms with Crippen LogP contribution in [0.1, 0.15) is 20.9 Å². The van der Waals surface area contributed by atoms with Gasteiger partial charge in [-0.2, -0.15) is 0 Å². The fourth-order valence-electron chi connectivity index (χ4n) is 2.94. The summed E-state index contributed by atoms with van der Waals surface area (Å²) in [5.41, 5.74) is 1.95. The third kappa shape index (κ3) is 4.26. The third-order valence-electron chi connectivity index (χ3n) is 4.31. The average Bonchev–Trinajstić information content (AvgIpc) is 3.32. The van der Waals surface area contributed by atoms with Gasteiger partial charge in [-0.05, 0) is 30.3 Å². The van der Waals surface area contributed by atoms with Crippen molar-refractivity contribution in [2.75, 3.05) is 23.7 Å². The van der Waals surface area contributed by atoms with Crippen molar-refractivity contribution < 1.29 is 18.4 Å². The Morgan fingerprint density at radius 2 is 2.04 bits per heavy atom. The Balaban J connectivity index is 1.34. The molecule has 2 N–H and O–H groups in total. The fraction of sp³-hybridized carbons (Fsp3) is 0.211. The highest BCUT2D eigenvalue weighted by atomic mass is 32.1. The Labute approximate surface area is 164 Å². The molecule has 2 amide bonds. The lowest BCUT2D eigenvalue weighted by Crippen LogP contribution is -2.36. The first-order valence-electron chi connectivity index (χ1n) is 8.67. The van der Waals surface area contributed by atoms with Gasteiger partial charge in [0, 0.05) is 30.1 Å². The second-order valence-corrected chi connectivity index (χ2v) is 7.45. The highest BCUT2D eigenvalue weighted by Gasteiger charge is 2.23. The van der Waals surface area contributed by atoms with Gasteiger partial charge in [0.05, 0.1) is 24.1 Å². The first-order valence-corrected chi connectivity index (χ1v) is 9.48. The van der Waals surface area contributed by atoms with Crippen LogP contribution in [-0.2, 0) is 17.8 Å². The summed E-state index contributed by atoms with van der Waals surface area (Å²) in [7, 11) is 0. The van der Waals surface area contributed by atoms with Crippen molar-refractivity contribution in [3.05, 3.63) is 64.8 Å². The second-order valence-electron chi connectivity index (χ2n) is 6.37. The number of benzene rings is 1. The van der Waals surface area contributed by atoms with Gasteiger partial charge in [-0.15, -0.1) is 11.3 Å². The lowest BCUT2D eigenvalue weighted by atomic mass is 10.2. The number of rotatable bonds is 5. The van der Waals surface area contributed by atoms with Crippen LogP contribution in [0.2, 0.25) is 0 Å². The molecule has 3 aromatic rings. The summed E-state index contributed by atoms with van der Waals surface area (Å²) in [5.74, 6) is -0.772. The predicted molar refractivity (Wildman–Crippen MR) is 103 cm³/mol. The van der Waals surface area contributed by atoms with Crippen molar-refractivity contribution in [2.24, 2.45) is 0 Å². The van der Waals surface area contributed by atoms with Gasteiger partial charge in [0.1, 0.15) is 12.1 Å². The van der Waals surface area contributed by atoms with Crippen LogP contribution >= 0.6 is 11.3 Å². The molecule has 0 atom stereocenters. The van der Waals surface area contributed by atoms with E-state index in [9.17, 15) is 14.0 Å². The number of furan rings is 1. The number of hydrogen-bond acceptors (Lipinski definition) is 6. The molecule has 0 bridgehead atoms. The van der Waals surface area contributed by atoms with Gasteiger partial charge in [0.15, 0.2) is 5.13 Å². The van der Waals surface area contributed by atoms with Crippen LogP contribution in [-0.4, -0.2) is 34.8 Å². The normalized spacial score (nSPS) is 13.8. The van der Waals surface area contributed by atoms with Gasteiger partial charge < -0.3 is 9.73 Å². The topological polar surface area (TPSA) is 87.5 Å². The van der Waals surface area contributed by atoms with Crippen LogP contribution in [0.4, 0.5) is 15.2 Å². The number of hydrogen-bond donors (Lipinski definition) is 2. The minimum Gasteiger partial charge on any atom is -0.472 e. The predicted octanol–water partition coefficient (Wildman–Crippen LogP) is 3.12. The van der Waals surface area contributed by atoms with Gasteiger partial charge in [0.25, 0.3) is 5.91 Å². The Morgan fingerprint density at radius 1 is 1.21 bits per heavy atom. The molecule has 1 aromatic carbocycles. The molecule has 0 radical (unpaired) electrons. The lowest BCUT2D eigenvalue weighted by molar-refractivity contribution is -0.117. The maximum atomic E-state index is 12.9. The van der Waals surface area contributed by atoms with E-state index in [1.807, 2.05) is 4.90 Å². The molecule has 4 rings (SSSR count). The Morgan fingerprint density at radius 3 is 2.79 bits per heavy atom. The average molecular weight is 400 g/mol. The molecule has 7 nitrogen and oxygen atoms in total. The smallest absolute Gasteiger partial charge is 0.260 e. The van der Waals surface area contributed by atoms with Gasteiger partial charge in [0.2, 0.25) is 5.91 Å². The maximum absolute atomic E-state index is 12.9. The summed E-state index contributed by atoms with van der Waals surface area (Å²) >= 11 is 1.41.